The first-order chi connectivity index (χ1) is 5.99. The second kappa shape index (κ2) is 5.95. The minimum Gasteiger partial charge on any atom is -0.383 e. The first-order valence-corrected chi connectivity index (χ1v) is 4.61. The summed E-state index contributed by atoms with van der Waals surface area (Å²) in [4.78, 5) is 0. The molecule has 0 rings (SSSR count). The van der Waals surface area contributed by atoms with E-state index >= 15 is 0 Å². The monoisotopic (exact) mass is 184 g/mol. The maximum absolute atomic E-state index is 8.84. The number of ether oxygens (including phenoxy) is 1. The third-order valence-corrected chi connectivity index (χ3v) is 1.67. The summed E-state index contributed by atoms with van der Waals surface area (Å²) >= 11 is 0. The minimum absolute atomic E-state index is 0.0600. The molecule has 0 saturated heterocycles. The Bertz CT molecular complexity index is 167. The van der Waals surface area contributed by atoms with Crippen molar-refractivity contribution < 1.29 is 4.74 Å². The van der Waals surface area contributed by atoms with E-state index in [4.69, 9.17) is 10.00 Å². The van der Waals surface area contributed by atoms with Crippen LogP contribution < -0.4 is 5.32 Å². The molecular weight excluding hydrogens is 164 g/mol. The van der Waals surface area contributed by atoms with E-state index < -0.39 is 0 Å². The van der Waals surface area contributed by atoms with Gasteiger partial charge in [0.05, 0.1) is 18.7 Å². The molecule has 0 spiro atoms. The first-order valence-electron chi connectivity index (χ1n) is 4.61. The Hall–Kier alpha value is -0.590. The van der Waals surface area contributed by atoms with Crippen LogP contribution in [0.5, 0.6) is 0 Å². The van der Waals surface area contributed by atoms with E-state index in [0.717, 1.165) is 13.0 Å². The largest absolute Gasteiger partial charge is 0.383 e. The molecular formula is C10H20N2O. The molecule has 0 aromatic rings. The molecule has 1 N–H and O–H groups in total. The number of hydrogen-bond acceptors (Lipinski definition) is 3. The van der Waals surface area contributed by atoms with Gasteiger partial charge < -0.3 is 4.74 Å². The van der Waals surface area contributed by atoms with Crippen molar-refractivity contribution >= 4 is 0 Å². The first kappa shape index (κ1) is 12.4. The number of methoxy groups -OCH3 is 1. The number of nitrogens with one attached hydrogen (secondary N) is 1. The lowest BCUT2D eigenvalue weighted by molar-refractivity contribution is 0.194. The summed E-state index contributed by atoms with van der Waals surface area (Å²) in [6.07, 6.45) is 0.868. The molecule has 3 nitrogen and oxygen atoms in total. The molecule has 13 heavy (non-hydrogen) atoms. The predicted octanol–water partition coefficient (Wildman–Crippen LogP) is 1.55. The Balaban J connectivity index is 3.72. The Kier molecular flexibility index (Phi) is 5.68. The molecule has 0 radical (unpaired) electrons. The summed E-state index contributed by atoms with van der Waals surface area (Å²) in [6.45, 7) is 7.80. The van der Waals surface area contributed by atoms with E-state index in [2.05, 4.69) is 32.2 Å². The van der Waals surface area contributed by atoms with Crippen LogP contribution in [-0.2, 0) is 4.74 Å². The quantitative estimate of drug-likeness (QED) is 0.659. The van der Waals surface area contributed by atoms with E-state index in [9.17, 15) is 0 Å². The molecule has 3 heteroatoms. The Morgan fingerprint density at radius 2 is 2.08 bits per heavy atom. The third kappa shape index (κ3) is 7.76. The molecule has 0 aliphatic heterocycles. The molecule has 0 aliphatic rings. The van der Waals surface area contributed by atoms with Crippen LogP contribution >= 0.6 is 0 Å². The summed E-state index contributed by atoms with van der Waals surface area (Å²) in [5.41, 5.74) is 0.195. The van der Waals surface area contributed by atoms with Crippen LogP contribution in [0.4, 0.5) is 0 Å². The van der Waals surface area contributed by atoms with Crippen LogP contribution in [0, 0.1) is 16.7 Å². The summed E-state index contributed by atoms with van der Waals surface area (Å²) in [5, 5.41) is 12.0. The second-order valence-electron chi connectivity index (χ2n) is 4.39. The lowest BCUT2D eigenvalue weighted by Gasteiger charge is -2.22. The van der Waals surface area contributed by atoms with Gasteiger partial charge in [0.25, 0.3) is 0 Å². The van der Waals surface area contributed by atoms with E-state index in [0.29, 0.717) is 6.61 Å². The van der Waals surface area contributed by atoms with Gasteiger partial charge in [-0.25, -0.2) is 0 Å². The zero-order valence-electron chi connectivity index (χ0n) is 9.05. The van der Waals surface area contributed by atoms with Crippen molar-refractivity contribution in [3.63, 3.8) is 0 Å². The lowest BCUT2D eigenvalue weighted by Crippen LogP contribution is -2.33. The summed E-state index contributed by atoms with van der Waals surface area (Å²) in [7, 11) is 1.66. The van der Waals surface area contributed by atoms with Crippen molar-refractivity contribution in [1.29, 1.82) is 5.26 Å². The van der Waals surface area contributed by atoms with Crippen LogP contribution in [0.3, 0.4) is 0 Å². The minimum atomic E-state index is -0.0600. The zero-order valence-corrected chi connectivity index (χ0v) is 9.05. The zero-order chi connectivity index (χ0) is 10.3. The van der Waals surface area contributed by atoms with Crippen LogP contribution in [-0.4, -0.2) is 26.3 Å². The molecule has 76 valence electrons. The van der Waals surface area contributed by atoms with E-state index in [-0.39, 0.29) is 11.5 Å². The van der Waals surface area contributed by atoms with E-state index in [1.54, 1.807) is 7.11 Å². The Morgan fingerprint density at radius 3 is 2.46 bits per heavy atom. The summed E-state index contributed by atoms with van der Waals surface area (Å²) < 4.78 is 4.89. The normalized spacial score (nSPS) is 13.8. The molecule has 1 atom stereocenters. The molecule has 0 aliphatic carbocycles. The lowest BCUT2D eigenvalue weighted by atomic mass is 9.88. The van der Waals surface area contributed by atoms with Crippen molar-refractivity contribution in [2.24, 2.45) is 5.41 Å². The maximum Gasteiger partial charge on any atom is 0.0958 e. The topological polar surface area (TPSA) is 45.0 Å². The number of rotatable bonds is 5. The van der Waals surface area contributed by atoms with Crippen molar-refractivity contribution in [1.82, 2.24) is 5.32 Å². The molecule has 0 fully saturated rings. The van der Waals surface area contributed by atoms with Crippen LogP contribution in [0.2, 0.25) is 0 Å². The number of hydrogen-bond donors (Lipinski definition) is 1. The van der Waals surface area contributed by atoms with Crippen molar-refractivity contribution in [2.45, 2.75) is 33.2 Å². The van der Waals surface area contributed by atoms with Crippen LogP contribution in [0.15, 0.2) is 0 Å². The standard InChI is InChI=1S/C10H20N2O/c1-10(2,3)7-9(8-11)12-5-6-13-4/h9,12H,5-7H2,1-4H3. The smallest absolute Gasteiger partial charge is 0.0958 e. The van der Waals surface area contributed by atoms with Gasteiger partial charge in [-0.1, -0.05) is 20.8 Å². The molecule has 0 aromatic carbocycles. The van der Waals surface area contributed by atoms with Crippen molar-refractivity contribution in [2.75, 3.05) is 20.3 Å². The highest BCUT2D eigenvalue weighted by Gasteiger charge is 2.17. The van der Waals surface area contributed by atoms with Crippen molar-refractivity contribution in [3.8, 4) is 6.07 Å². The highest BCUT2D eigenvalue weighted by molar-refractivity contribution is 4.92. The third-order valence-electron chi connectivity index (χ3n) is 1.67. The van der Waals surface area contributed by atoms with Gasteiger partial charge in [-0.15, -0.1) is 0 Å². The predicted molar refractivity (Wildman–Crippen MR) is 53.4 cm³/mol. The van der Waals surface area contributed by atoms with Crippen molar-refractivity contribution in [3.05, 3.63) is 0 Å². The average Bonchev–Trinajstić information content (AvgIpc) is 2.01. The van der Waals surface area contributed by atoms with Gasteiger partial charge in [0.2, 0.25) is 0 Å². The van der Waals surface area contributed by atoms with Crippen LogP contribution in [0.1, 0.15) is 27.2 Å². The van der Waals surface area contributed by atoms with Gasteiger partial charge in [0.15, 0.2) is 0 Å². The Labute approximate surface area is 81.1 Å². The number of nitriles is 1. The fourth-order valence-corrected chi connectivity index (χ4v) is 1.11. The van der Waals surface area contributed by atoms with E-state index in [1.807, 2.05) is 0 Å². The van der Waals surface area contributed by atoms with Gasteiger partial charge in [-0.3, -0.25) is 5.32 Å². The summed E-state index contributed by atoms with van der Waals surface area (Å²) in [6, 6.07) is 2.19. The van der Waals surface area contributed by atoms with Crippen LogP contribution in [0.25, 0.3) is 0 Å². The molecule has 0 bridgehead atoms. The average molecular weight is 184 g/mol. The highest BCUT2D eigenvalue weighted by atomic mass is 16.5. The van der Waals surface area contributed by atoms with Gasteiger partial charge in [-0.05, 0) is 11.8 Å². The Morgan fingerprint density at radius 1 is 1.46 bits per heavy atom. The summed E-state index contributed by atoms with van der Waals surface area (Å²) in [5.74, 6) is 0. The van der Waals surface area contributed by atoms with E-state index in [1.165, 1.54) is 0 Å². The molecule has 1 unspecified atom stereocenters. The molecule has 0 aromatic heterocycles. The number of nitrogens with zero attached hydrogens (tertiary/aromatic N) is 1. The molecule has 0 heterocycles. The molecule has 0 amide bonds. The second-order valence-corrected chi connectivity index (χ2v) is 4.39. The fraction of sp³-hybridized carbons (Fsp3) is 0.900. The van der Waals surface area contributed by atoms with Gasteiger partial charge in [0, 0.05) is 13.7 Å². The maximum atomic E-state index is 8.84. The van der Waals surface area contributed by atoms with Gasteiger partial charge in [0.1, 0.15) is 0 Å². The highest BCUT2D eigenvalue weighted by Crippen LogP contribution is 2.20. The van der Waals surface area contributed by atoms with Gasteiger partial charge in [-0.2, -0.15) is 5.26 Å². The fourth-order valence-electron chi connectivity index (χ4n) is 1.11. The SMILES string of the molecule is COCCNC(C#N)CC(C)(C)C. The van der Waals surface area contributed by atoms with Gasteiger partial charge >= 0.3 is 0 Å². The molecule has 0 saturated carbocycles.